The van der Waals surface area contributed by atoms with Gasteiger partial charge < -0.3 is 10.5 Å². The lowest BCUT2D eigenvalue weighted by Crippen LogP contribution is -2.13. The molecule has 8 heteroatoms. The third-order valence-electron chi connectivity index (χ3n) is 2.77. The van der Waals surface area contributed by atoms with Crippen LogP contribution in [0.3, 0.4) is 0 Å². The highest BCUT2D eigenvalue weighted by Crippen LogP contribution is 2.28. The van der Waals surface area contributed by atoms with Crippen LogP contribution in [0.1, 0.15) is 10.6 Å². The Labute approximate surface area is 121 Å². The van der Waals surface area contributed by atoms with Gasteiger partial charge in [-0.05, 0) is 26.0 Å². The summed E-state index contributed by atoms with van der Waals surface area (Å²) in [4.78, 5) is 5.20. The van der Waals surface area contributed by atoms with E-state index in [0.717, 1.165) is 10.6 Å². The second-order valence-electron chi connectivity index (χ2n) is 4.17. The number of methoxy groups -OCH3 is 1. The van der Waals surface area contributed by atoms with Gasteiger partial charge in [-0.1, -0.05) is 0 Å². The Bertz CT molecular complexity index is 719. The molecule has 0 atom stereocenters. The highest BCUT2D eigenvalue weighted by atomic mass is 32.2. The molecule has 3 N–H and O–H groups in total. The van der Waals surface area contributed by atoms with Crippen molar-refractivity contribution in [2.24, 2.45) is 0 Å². The number of aromatic nitrogens is 1. The quantitative estimate of drug-likeness (QED) is 0.843. The van der Waals surface area contributed by atoms with Crippen LogP contribution in [-0.2, 0) is 10.0 Å². The van der Waals surface area contributed by atoms with Crippen molar-refractivity contribution in [2.75, 3.05) is 17.6 Å². The van der Waals surface area contributed by atoms with Gasteiger partial charge in [0.1, 0.15) is 5.75 Å². The zero-order valence-corrected chi connectivity index (χ0v) is 12.9. The molecule has 0 fully saturated rings. The first-order chi connectivity index (χ1) is 9.33. The van der Waals surface area contributed by atoms with Gasteiger partial charge in [-0.2, -0.15) is 0 Å². The lowest BCUT2D eigenvalue weighted by Gasteiger charge is -2.08. The Morgan fingerprint density at radius 2 is 2.05 bits per heavy atom. The van der Waals surface area contributed by atoms with Crippen LogP contribution in [0.15, 0.2) is 23.1 Å². The van der Waals surface area contributed by atoms with Crippen molar-refractivity contribution >= 4 is 32.2 Å². The summed E-state index contributed by atoms with van der Waals surface area (Å²) >= 11 is 1.29. The van der Waals surface area contributed by atoms with Crippen molar-refractivity contribution in [3.8, 4) is 5.75 Å². The fraction of sp³-hybridized carbons (Fsp3) is 0.250. The molecule has 20 heavy (non-hydrogen) atoms. The highest BCUT2D eigenvalue weighted by molar-refractivity contribution is 7.93. The van der Waals surface area contributed by atoms with E-state index in [0.29, 0.717) is 16.6 Å². The Morgan fingerprint density at radius 3 is 2.60 bits per heavy atom. The van der Waals surface area contributed by atoms with E-state index < -0.39 is 10.0 Å². The van der Waals surface area contributed by atoms with Crippen LogP contribution in [-0.4, -0.2) is 20.5 Å². The number of hydrogen-bond acceptors (Lipinski definition) is 6. The van der Waals surface area contributed by atoms with E-state index >= 15 is 0 Å². The molecule has 0 unspecified atom stereocenters. The molecule has 0 aliphatic heterocycles. The molecule has 1 aromatic carbocycles. The Morgan fingerprint density at radius 1 is 1.35 bits per heavy atom. The van der Waals surface area contributed by atoms with Crippen LogP contribution < -0.4 is 15.2 Å². The first kappa shape index (κ1) is 14.6. The number of ether oxygens (including phenoxy) is 1. The second kappa shape index (κ2) is 5.29. The SMILES string of the molecule is COc1cc(S(=O)(=O)Nc2nc(C)c(C)s2)ccc1N. The number of anilines is 2. The molecule has 0 bridgehead atoms. The van der Waals surface area contributed by atoms with E-state index in [9.17, 15) is 8.42 Å². The number of nitrogens with zero attached hydrogens (tertiary/aromatic N) is 1. The first-order valence-electron chi connectivity index (χ1n) is 5.74. The van der Waals surface area contributed by atoms with Crippen LogP contribution in [0.2, 0.25) is 0 Å². The number of sulfonamides is 1. The lowest BCUT2D eigenvalue weighted by molar-refractivity contribution is 0.415. The molecule has 0 saturated carbocycles. The molecule has 0 aliphatic carbocycles. The number of nitrogens with one attached hydrogen (secondary N) is 1. The van der Waals surface area contributed by atoms with Crippen molar-refractivity contribution in [1.29, 1.82) is 0 Å². The molecule has 6 nitrogen and oxygen atoms in total. The molecular formula is C12H15N3O3S2. The molecule has 0 amide bonds. The lowest BCUT2D eigenvalue weighted by atomic mass is 10.3. The normalized spacial score (nSPS) is 11.3. The van der Waals surface area contributed by atoms with E-state index in [4.69, 9.17) is 10.5 Å². The molecule has 2 aromatic rings. The van der Waals surface area contributed by atoms with Gasteiger partial charge in [0.2, 0.25) is 0 Å². The topological polar surface area (TPSA) is 94.3 Å². The molecule has 0 saturated heterocycles. The Kier molecular flexibility index (Phi) is 3.87. The minimum atomic E-state index is -3.70. The predicted octanol–water partition coefficient (Wildman–Crippen LogP) is 2.15. The summed E-state index contributed by atoms with van der Waals surface area (Å²) in [6.45, 7) is 3.72. The van der Waals surface area contributed by atoms with Crippen LogP contribution in [0.25, 0.3) is 0 Å². The van der Waals surface area contributed by atoms with E-state index in [2.05, 4.69) is 9.71 Å². The number of rotatable bonds is 4. The molecule has 1 heterocycles. The van der Waals surface area contributed by atoms with Gasteiger partial charge in [-0.3, -0.25) is 4.72 Å². The monoisotopic (exact) mass is 313 g/mol. The maximum Gasteiger partial charge on any atom is 0.263 e. The van der Waals surface area contributed by atoms with Crippen molar-refractivity contribution in [3.05, 3.63) is 28.8 Å². The largest absolute Gasteiger partial charge is 0.495 e. The fourth-order valence-corrected chi connectivity index (χ4v) is 3.61. The summed E-state index contributed by atoms with van der Waals surface area (Å²) in [7, 11) is -2.27. The minimum Gasteiger partial charge on any atom is -0.495 e. The van der Waals surface area contributed by atoms with E-state index in [-0.39, 0.29) is 4.90 Å². The third-order valence-corrected chi connectivity index (χ3v) is 5.22. The van der Waals surface area contributed by atoms with Gasteiger partial charge in [0.15, 0.2) is 5.13 Å². The van der Waals surface area contributed by atoms with Gasteiger partial charge in [0.25, 0.3) is 10.0 Å². The van der Waals surface area contributed by atoms with Crippen molar-refractivity contribution < 1.29 is 13.2 Å². The molecule has 2 rings (SSSR count). The molecule has 0 radical (unpaired) electrons. The Hall–Kier alpha value is -1.80. The zero-order chi connectivity index (χ0) is 14.9. The minimum absolute atomic E-state index is 0.0778. The maximum absolute atomic E-state index is 12.3. The fourth-order valence-electron chi connectivity index (χ4n) is 1.55. The second-order valence-corrected chi connectivity index (χ2v) is 7.06. The summed E-state index contributed by atoms with van der Waals surface area (Å²) in [5.41, 5.74) is 6.86. The van der Waals surface area contributed by atoms with Gasteiger partial charge >= 0.3 is 0 Å². The van der Waals surface area contributed by atoms with Gasteiger partial charge in [0.05, 0.1) is 23.4 Å². The highest BCUT2D eigenvalue weighted by Gasteiger charge is 2.18. The van der Waals surface area contributed by atoms with Crippen LogP contribution in [0, 0.1) is 13.8 Å². The number of aryl methyl sites for hydroxylation is 2. The predicted molar refractivity (Wildman–Crippen MR) is 79.8 cm³/mol. The van der Waals surface area contributed by atoms with E-state index in [1.807, 2.05) is 13.8 Å². The average Bonchev–Trinajstić information content (AvgIpc) is 2.67. The van der Waals surface area contributed by atoms with Crippen LogP contribution >= 0.6 is 11.3 Å². The van der Waals surface area contributed by atoms with Crippen molar-refractivity contribution in [3.63, 3.8) is 0 Å². The average molecular weight is 313 g/mol. The molecule has 0 spiro atoms. The number of nitrogens with two attached hydrogens (primary N) is 1. The van der Waals surface area contributed by atoms with E-state index in [1.54, 1.807) is 0 Å². The van der Waals surface area contributed by atoms with Crippen molar-refractivity contribution in [2.45, 2.75) is 18.7 Å². The molecule has 1 aromatic heterocycles. The van der Waals surface area contributed by atoms with Crippen molar-refractivity contribution in [1.82, 2.24) is 4.98 Å². The number of benzene rings is 1. The number of hydrogen-bond donors (Lipinski definition) is 2. The van der Waals surface area contributed by atoms with Gasteiger partial charge in [-0.25, -0.2) is 13.4 Å². The summed E-state index contributed by atoms with van der Waals surface area (Å²) < 4.78 is 32.0. The third kappa shape index (κ3) is 2.86. The number of thiazole rings is 1. The smallest absolute Gasteiger partial charge is 0.263 e. The number of nitrogen functional groups attached to an aromatic ring is 1. The van der Waals surface area contributed by atoms with Gasteiger partial charge in [0, 0.05) is 10.9 Å². The van der Waals surface area contributed by atoms with Gasteiger partial charge in [-0.15, -0.1) is 11.3 Å². The van der Waals surface area contributed by atoms with Crippen LogP contribution in [0.4, 0.5) is 10.8 Å². The Balaban J connectivity index is 2.35. The molecule has 108 valence electrons. The molecular weight excluding hydrogens is 298 g/mol. The van der Waals surface area contributed by atoms with E-state index in [1.165, 1.54) is 36.6 Å². The summed E-state index contributed by atoms with van der Waals surface area (Å²) in [5, 5.41) is 0.343. The zero-order valence-electron chi connectivity index (χ0n) is 11.3. The summed E-state index contributed by atoms with van der Waals surface area (Å²) in [6.07, 6.45) is 0. The first-order valence-corrected chi connectivity index (χ1v) is 8.04. The summed E-state index contributed by atoms with van der Waals surface area (Å²) in [5.74, 6) is 0.319. The van der Waals surface area contributed by atoms with Crippen LogP contribution in [0.5, 0.6) is 5.75 Å². The standard InChI is InChI=1S/C12H15N3O3S2/c1-7-8(2)19-12(14-7)15-20(16,17)9-4-5-10(13)11(6-9)18-3/h4-6H,13H2,1-3H3,(H,14,15). The summed E-state index contributed by atoms with van der Waals surface area (Å²) in [6, 6.07) is 4.30. The maximum atomic E-state index is 12.3. The molecule has 0 aliphatic rings.